The molecule has 0 amide bonds. The van der Waals surface area contributed by atoms with Gasteiger partial charge in [0.25, 0.3) is 11.1 Å². The highest BCUT2D eigenvalue weighted by molar-refractivity contribution is 6.30. The number of benzene rings is 2. The Kier molecular flexibility index (Phi) is 8.11. The average molecular weight is 602 g/mol. The highest BCUT2D eigenvalue weighted by Crippen LogP contribution is 2.35. The largest absolute Gasteiger partial charge is 0.449 e. The molecule has 1 atom stereocenters. The molecule has 1 aliphatic heterocycles. The van der Waals surface area contributed by atoms with Crippen molar-refractivity contribution in [1.82, 2.24) is 19.3 Å². The lowest BCUT2D eigenvalue weighted by Gasteiger charge is -2.24. The lowest BCUT2D eigenvalue weighted by molar-refractivity contribution is -0.142. The third-order valence-electron chi connectivity index (χ3n) is 6.39. The predicted molar refractivity (Wildman–Crippen MR) is 142 cm³/mol. The van der Waals surface area contributed by atoms with Crippen molar-refractivity contribution in [2.45, 2.75) is 38.2 Å². The van der Waals surface area contributed by atoms with Gasteiger partial charge in [0, 0.05) is 11.6 Å². The summed E-state index contributed by atoms with van der Waals surface area (Å²) in [7, 11) is 0. The Hall–Kier alpha value is -4.54. The first-order valence-corrected chi connectivity index (χ1v) is 13.0. The molecule has 0 radical (unpaired) electrons. The summed E-state index contributed by atoms with van der Waals surface area (Å²) in [4.78, 5) is 30.2. The minimum Gasteiger partial charge on any atom is -0.449 e. The van der Waals surface area contributed by atoms with Crippen LogP contribution in [-0.4, -0.2) is 25.9 Å². The highest BCUT2D eigenvalue weighted by atomic mass is 35.5. The van der Waals surface area contributed by atoms with Crippen LogP contribution in [0.5, 0.6) is 11.5 Å². The summed E-state index contributed by atoms with van der Waals surface area (Å²) in [5.41, 5.74) is -2.69. The molecule has 2 aromatic carbocycles. The highest BCUT2D eigenvalue weighted by Gasteiger charge is 2.39. The fraction of sp³-hybridized carbons (Fsp3) is 0.250. The van der Waals surface area contributed by atoms with E-state index in [-0.39, 0.29) is 27.6 Å². The van der Waals surface area contributed by atoms with Gasteiger partial charge >= 0.3 is 6.18 Å². The second kappa shape index (κ2) is 11.8. The molecule has 1 fully saturated rings. The zero-order valence-corrected chi connectivity index (χ0v) is 22.3. The molecule has 3 heterocycles. The van der Waals surface area contributed by atoms with Crippen LogP contribution in [0.4, 0.5) is 17.6 Å². The Bertz CT molecular complexity index is 1790. The molecule has 0 aliphatic carbocycles. The van der Waals surface area contributed by atoms with Gasteiger partial charge in [0.2, 0.25) is 5.75 Å². The maximum atomic E-state index is 13.8. The van der Waals surface area contributed by atoms with Gasteiger partial charge in [-0.25, -0.2) is 9.37 Å². The van der Waals surface area contributed by atoms with Crippen LogP contribution in [0.2, 0.25) is 5.02 Å². The molecule has 2 aromatic heterocycles. The van der Waals surface area contributed by atoms with Gasteiger partial charge < -0.3 is 9.47 Å². The van der Waals surface area contributed by atoms with Gasteiger partial charge in [0.05, 0.1) is 35.8 Å². The number of rotatable bonds is 6. The number of hydrogen-bond donors (Lipinski definition) is 0. The van der Waals surface area contributed by atoms with Crippen molar-refractivity contribution >= 4 is 11.6 Å². The summed E-state index contributed by atoms with van der Waals surface area (Å²) in [6.45, 7) is -0.00455. The van der Waals surface area contributed by atoms with Gasteiger partial charge in [-0.3, -0.25) is 14.2 Å². The van der Waals surface area contributed by atoms with Crippen LogP contribution < -0.4 is 15.9 Å². The van der Waals surface area contributed by atoms with Crippen LogP contribution in [0.3, 0.4) is 0 Å². The van der Waals surface area contributed by atoms with E-state index in [0.717, 1.165) is 34.2 Å². The lowest BCUT2D eigenvalue weighted by Crippen LogP contribution is -2.33. The van der Waals surface area contributed by atoms with Gasteiger partial charge in [-0.15, -0.1) is 0 Å². The normalized spacial score (nSPS) is 15.3. The topological polar surface area (TPSA) is 112 Å². The predicted octanol–water partition coefficient (Wildman–Crippen LogP) is 5.69. The number of alkyl halides is 3. The number of nitriles is 1. The van der Waals surface area contributed by atoms with E-state index in [0.29, 0.717) is 24.9 Å². The summed E-state index contributed by atoms with van der Waals surface area (Å²) in [6, 6.07) is 11.9. The molecule has 0 N–H and O–H groups in total. The number of nitrogens with zero attached hydrogens (tertiary/aromatic N) is 5. The van der Waals surface area contributed by atoms with E-state index in [1.165, 1.54) is 36.4 Å². The SMILES string of the molecule is N#Cc1cc(Cl)cc(Oc2c(C(F)(F)F)ncn(Cc3cc(-c4ccc(F)cc4)c(=O)n(C4CCCCO4)n3)c2=O)c1. The zero-order chi connectivity index (χ0) is 30.0. The summed E-state index contributed by atoms with van der Waals surface area (Å²) in [5, 5.41) is 13.5. The first kappa shape index (κ1) is 29.0. The molecule has 4 aromatic rings. The fourth-order valence-corrected chi connectivity index (χ4v) is 4.67. The fourth-order valence-electron chi connectivity index (χ4n) is 4.45. The summed E-state index contributed by atoms with van der Waals surface area (Å²) in [6.07, 6.45) is -3.00. The van der Waals surface area contributed by atoms with Gasteiger partial charge in [-0.2, -0.15) is 28.2 Å². The third-order valence-corrected chi connectivity index (χ3v) is 6.61. The van der Waals surface area contributed by atoms with E-state index in [9.17, 15) is 32.4 Å². The number of halogens is 5. The first-order chi connectivity index (χ1) is 20.0. The molecule has 14 heteroatoms. The van der Waals surface area contributed by atoms with Crippen molar-refractivity contribution in [3.63, 3.8) is 0 Å². The van der Waals surface area contributed by atoms with Crippen LogP contribution >= 0.6 is 11.6 Å². The van der Waals surface area contributed by atoms with Crippen molar-refractivity contribution in [3.05, 3.63) is 103 Å². The smallest absolute Gasteiger partial charge is 0.437 e. The quantitative estimate of drug-likeness (QED) is 0.261. The molecule has 216 valence electrons. The molecule has 0 spiro atoms. The van der Waals surface area contributed by atoms with Crippen molar-refractivity contribution in [1.29, 1.82) is 5.26 Å². The van der Waals surface area contributed by atoms with E-state index in [4.69, 9.17) is 21.1 Å². The first-order valence-electron chi connectivity index (χ1n) is 12.6. The van der Waals surface area contributed by atoms with Crippen LogP contribution in [-0.2, 0) is 17.5 Å². The summed E-state index contributed by atoms with van der Waals surface area (Å²) >= 11 is 5.95. The number of aromatic nitrogens is 4. The minimum atomic E-state index is -5.05. The van der Waals surface area contributed by atoms with Gasteiger partial charge in [-0.05, 0) is 61.2 Å². The lowest BCUT2D eigenvalue weighted by atomic mass is 10.1. The van der Waals surface area contributed by atoms with Crippen molar-refractivity contribution < 1.29 is 27.0 Å². The minimum absolute atomic E-state index is 0.0000133. The van der Waals surface area contributed by atoms with Crippen LogP contribution in [0, 0.1) is 17.1 Å². The second-order valence-corrected chi connectivity index (χ2v) is 9.81. The zero-order valence-electron chi connectivity index (χ0n) is 21.6. The van der Waals surface area contributed by atoms with E-state index in [2.05, 4.69) is 10.1 Å². The Morgan fingerprint density at radius 2 is 1.86 bits per heavy atom. The van der Waals surface area contributed by atoms with Crippen molar-refractivity contribution in [3.8, 4) is 28.7 Å². The molecular weight excluding hydrogens is 582 g/mol. The second-order valence-electron chi connectivity index (χ2n) is 9.37. The maximum Gasteiger partial charge on any atom is 0.437 e. The van der Waals surface area contributed by atoms with E-state index >= 15 is 0 Å². The van der Waals surface area contributed by atoms with Crippen molar-refractivity contribution in [2.24, 2.45) is 0 Å². The Balaban J connectivity index is 1.61. The van der Waals surface area contributed by atoms with Crippen LogP contribution in [0.1, 0.15) is 42.4 Å². The summed E-state index contributed by atoms with van der Waals surface area (Å²) in [5.74, 6) is -1.93. The summed E-state index contributed by atoms with van der Waals surface area (Å²) < 4.78 is 68.1. The average Bonchev–Trinajstić information content (AvgIpc) is 2.96. The van der Waals surface area contributed by atoms with E-state index in [1.54, 1.807) is 6.07 Å². The maximum absolute atomic E-state index is 13.8. The molecule has 5 rings (SSSR count). The molecule has 1 unspecified atom stereocenters. The third kappa shape index (κ3) is 6.19. The molecule has 42 heavy (non-hydrogen) atoms. The van der Waals surface area contributed by atoms with E-state index in [1.807, 2.05) is 0 Å². The van der Waals surface area contributed by atoms with Gasteiger partial charge in [0.1, 0.15) is 11.6 Å². The van der Waals surface area contributed by atoms with Gasteiger partial charge in [-0.1, -0.05) is 23.7 Å². The molecule has 0 bridgehead atoms. The van der Waals surface area contributed by atoms with Crippen LogP contribution in [0.25, 0.3) is 11.1 Å². The molecule has 0 saturated carbocycles. The number of ether oxygens (including phenoxy) is 2. The molecular formula is C28H20ClF4N5O4. The monoisotopic (exact) mass is 601 g/mol. The van der Waals surface area contributed by atoms with Gasteiger partial charge in [0.15, 0.2) is 11.9 Å². The van der Waals surface area contributed by atoms with Crippen LogP contribution in [0.15, 0.2) is 64.4 Å². The molecule has 1 aliphatic rings. The standard InChI is InChI=1S/C28H20ClF4N5O4/c29-18-9-16(13-34)10-21(11-18)42-24-25(28(31,32)33)35-15-37(27(24)40)14-20-12-22(17-4-6-19(30)7-5-17)26(39)38(36-20)23-3-1-2-8-41-23/h4-7,9-12,15,23H,1-3,8,14H2. The Morgan fingerprint density at radius 3 is 2.52 bits per heavy atom. The van der Waals surface area contributed by atoms with E-state index < -0.39 is 47.3 Å². The van der Waals surface area contributed by atoms with Crippen molar-refractivity contribution in [2.75, 3.05) is 6.61 Å². The Morgan fingerprint density at radius 1 is 1.10 bits per heavy atom. The molecule has 1 saturated heterocycles. The number of hydrogen-bond acceptors (Lipinski definition) is 7. The Labute approximate surface area is 240 Å². The molecule has 9 nitrogen and oxygen atoms in total.